The highest BCUT2D eigenvalue weighted by Crippen LogP contribution is 2.30. The summed E-state index contributed by atoms with van der Waals surface area (Å²) in [4.78, 5) is 14.7. The molecule has 0 saturated carbocycles. The SMILES string of the molecule is CC(C)(C)OC(=O)N1C[C@@H](c2ccccc2)NC[C@H]1c1ccccc1. The molecule has 0 radical (unpaired) electrons. The van der Waals surface area contributed by atoms with Crippen LogP contribution in [0, 0.1) is 0 Å². The molecule has 1 saturated heterocycles. The Morgan fingerprint density at radius 3 is 2.12 bits per heavy atom. The van der Waals surface area contributed by atoms with Crippen molar-refractivity contribution in [2.75, 3.05) is 13.1 Å². The lowest BCUT2D eigenvalue weighted by atomic mass is 9.98. The van der Waals surface area contributed by atoms with Gasteiger partial charge in [-0.25, -0.2) is 4.79 Å². The summed E-state index contributed by atoms with van der Waals surface area (Å²) in [6, 6.07) is 20.4. The van der Waals surface area contributed by atoms with E-state index < -0.39 is 5.60 Å². The van der Waals surface area contributed by atoms with Gasteiger partial charge in [-0.2, -0.15) is 0 Å². The van der Waals surface area contributed by atoms with Gasteiger partial charge in [0.2, 0.25) is 0 Å². The minimum absolute atomic E-state index is 0.0315. The number of amides is 1. The maximum absolute atomic E-state index is 12.9. The molecule has 2 atom stereocenters. The third kappa shape index (κ3) is 4.40. The summed E-state index contributed by atoms with van der Waals surface area (Å²) >= 11 is 0. The van der Waals surface area contributed by atoms with Gasteiger partial charge in [-0.05, 0) is 31.9 Å². The summed E-state index contributed by atoms with van der Waals surface area (Å²) in [6.07, 6.45) is -0.260. The summed E-state index contributed by atoms with van der Waals surface area (Å²) in [5.41, 5.74) is 1.79. The van der Waals surface area contributed by atoms with Crippen LogP contribution in [-0.2, 0) is 4.74 Å². The zero-order valence-corrected chi connectivity index (χ0v) is 15.1. The van der Waals surface area contributed by atoms with E-state index in [4.69, 9.17) is 4.74 Å². The summed E-state index contributed by atoms with van der Waals surface area (Å²) in [6.45, 7) is 6.99. The molecule has 0 aliphatic carbocycles. The molecule has 0 aromatic heterocycles. The molecule has 25 heavy (non-hydrogen) atoms. The first kappa shape index (κ1) is 17.5. The first-order valence-electron chi connectivity index (χ1n) is 8.77. The lowest BCUT2D eigenvalue weighted by molar-refractivity contribution is 0.00696. The van der Waals surface area contributed by atoms with Gasteiger partial charge in [-0.1, -0.05) is 60.7 Å². The van der Waals surface area contributed by atoms with Crippen LogP contribution < -0.4 is 5.32 Å². The van der Waals surface area contributed by atoms with Gasteiger partial charge < -0.3 is 10.1 Å². The molecule has 4 heteroatoms. The standard InChI is InChI=1S/C21H26N2O2/c1-21(2,3)25-20(24)23-15-18(16-10-6-4-7-11-16)22-14-19(23)17-12-8-5-9-13-17/h4-13,18-19,22H,14-15H2,1-3H3/t18-,19-/m0/s1. The molecule has 1 aliphatic rings. The van der Waals surface area contributed by atoms with Crippen LogP contribution in [0.3, 0.4) is 0 Å². The molecule has 2 aromatic rings. The number of carbonyl (C=O) groups excluding carboxylic acids is 1. The Morgan fingerprint density at radius 1 is 1.00 bits per heavy atom. The molecule has 1 amide bonds. The molecule has 0 spiro atoms. The number of carbonyl (C=O) groups is 1. The fourth-order valence-electron chi connectivity index (χ4n) is 3.16. The van der Waals surface area contributed by atoms with Crippen LogP contribution in [0.4, 0.5) is 4.79 Å². The summed E-state index contributed by atoms with van der Waals surface area (Å²) in [7, 11) is 0. The molecule has 1 heterocycles. The third-order valence-corrected chi connectivity index (χ3v) is 4.33. The maximum atomic E-state index is 12.9. The van der Waals surface area contributed by atoms with E-state index in [0.717, 1.165) is 5.56 Å². The van der Waals surface area contributed by atoms with Crippen molar-refractivity contribution in [3.8, 4) is 0 Å². The number of benzene rings is 2. The zero-order valence-electron chi connectivity index (χ0n) is 15.1. The van der Waals surface area contributed by atoms with Crippen molar-refractivity contribution in [2.45, 2.75) is 38.5 Å². The van der Waals surface area contributed by atoms with E-state index in [9.17, 15) is 4.79 Å². The van der Waals surface area contributed by atoms with Gasteiger partial charge in [0.15, 0.2) is 0 Å². The number of ether oxygens (including phenoxy) is 1. The quantitative estimate of drug-likeness (QED) is 0.887. The average molecular weight is 338 g/mol. The predicted octanol–water partition coefficient (Wildman–Crippen LogP) is 4.31. The Labute approximate surface area is 149 Å². The molecular weight excluding hydrogens is 312 g/mol. The molecule has 1 N–H and O–H groups in total. The average Bonchev–Trinajstić information content (AvgIpc) is 2.61. The molecule has 1 fully saturated rings. The summed E-state index contributed by atoms with van der Waals surface area (Å²) in [5.74, 6) is 0. The van der Waals surface area contributed by atoms with E-state index in [1.807, 2.05) is 62.1 Å². The van der Waals surface area contributed by atoms with Gasteiger partial charge in [0, 0.05) is 13.1 Å². The van der Waals surface area contributed by atoms with Crippen molar-refractivity contribution in [2.24, 2.45) is 0 Å². The first-order valence-corrected chi connectivity index (χ1v) is 8.77. The van der Waals surface area contributed by atoms with Crippen molar-refractivity contribution in [1.82, 2.24) is 10.2 Å². The van der Waals surface area contributed by atoms with Crippen LogP contribution >= 0.6 is 0 Å². The van der Waals surface area contributed by atoms with E-state index in [1.54, 1.807) is 0 Å². The van der Waals surface area contributed by atoms with E-state index in [2.05, 4.69) is 29.6 Å². The number of rotatable bonds is 2. The maximum Gasteiger partial charge on any atom is 0.410 e. The topological polar surface area (TPSA) is 41.6 Å². The normalized spacial score (nSPS) is 21.0. The number of nitrogens with zero attached hydrogens (tertiary/aromatic N) is 1. The Hall–Kier alpha value is -2.33. The highest BCUT2D eigenvalue weighted by molar-refractivity contribution is 5.69. The minimum atomic E-state index is -0.508. The second-order valence-corrected chi connectivity index (χ2v) is 7.43. The van der Waals surface area contributed by atoms with Crippen LogP contribution in [-0.4, -0.2) is 29.7 Å². The largest absolute Gasteiger partial charge is 0.444 e. The number of hydrogen-bond donors (Lipinski definition) is 1. The Morgan fingerprint density at radius 2 is 1.56 bits per heavy atom. The van der Waals surface area contributed by atoms with E-state index in [1.165, 1.54) is 5.56 Å². The van der Waals surface area contributed by atoms with E-state index in [0.29, 0.717) is 13.1 Å². The predicted molar refractivity (Wildman–Crippen MR) is 99.3 cm³/mol. The monoisotopic (exact) mass is 338 g/mol. The Balaban J connectivity index is 1.85. The lowest BCUT2D eigenvalue weighted by Crippen LogP contribution is -2.51. The molecule has 3 rings (SSSR count). The van der Waals surface area contributed by atoms with Gasteiger partial charge in [-0.15, -0.1) is 0 Å². The highest BCUT2D eigenvalue weighted by Gasteiger charge is 2.35. The van der Waals surface area contributed by atoms with Crippen molar-refractivity contribution >= 4 is 6.09 Å². The molecule has 132 valence electrons. The molecule has 2 aromatic carbocycles. The van der Waals surface area contributed by atoms with Crippen LogP contribution in [0.25, 0.3) is 0 Å². The third-order valence-electron chi connectivity index (χ3n) is 4.33. The molecular formula is C21H26N2O2. The number of nitrogens with one attached hydrogen (secondary N) is 1. The van der Waals surface area contributed by atoms with Crippen molar-refractivity contribution < 1.29 is 9.53 Å². The van der Waals surface area contributed by atoms with Crippen molar-refractivity contribution in [3.05, 3.63) is 71.8 Å². The van der Waals surface area contributed by atoms with Crippen LogP contribution in [0.5, 0.6) is 0 Å². The minimum Gasteiger partial charge on any atom is -0.444 e. The van der Waals surface area contributed by atoms with Gasteiger partial charge in [0.25, 0.3) is 0 Å². The zero-order chi connectivity index (χ0) is 17.9. The lowest BCUT2D eigenvalue weighted by Gasteiger charge is -2.41. The second kappa shape index (κ2) is 7.28. The Bertz CT molecular complexity index is 695. The second-order valence-electron chi connectivity index (χ2n) is 7.43. The fourth-order valence-corrected chi connectivity index (χ4v) is 3.16. The molecule has 0 unspecified atom stereocenters. The Kier molecular flexibility index (Phi) is 5.09. The van der Waals surface area contributed by atoms with E-state index >= 15 is 0 Å². The van der Waals surface area contributed by atoms with Gasteiger partial charge in [-0.3, -0.25) is 4.90 Å². The van der Waals surface area contributed by atoms with Gasteiger partial charge in [0.05, 0.1) is 12.1 Å². The van der Waals surface area contributed by atoms with Crippen LogP contribution in [0.15, 0.2) is 60.7 Å². The highest BCUT2D eigenvalue weighted by atomic mass is 16.6. The smallest absolute Gasteiger partial charge is 0.410 e. The summed E-state index contributed by atoms with van der Waals surface area (Å²) in [5, 5.41) is 3.58. The number of hydrogen-bond acceptors (Lipinski definition) is 3. The van der Waals surface area contributed by atoms with Gasteiger partial charge in [0.1, 0.15) is 5.60 Å². The summed E-state index contributed by atoms with van der Waals surface area (Å²) < 4.78 is 5.67. The van der Waals surface area contributed by atoms with Crippen molar-refractivity contribution in [1.29, 1.82) is 0 Å². The molecule has 1 aliphatic heterocycles. The fraction of sp³-hybridized carbons (Fsp3) is 0.381. The van der Waals surface area contributed by atoms with Gasteiger partial charge >= 0.3 is 6.09 Å². The number of piperazine rings is 1. The van der Waals surface area contributed by atoms with Crippen LogP contribution in [0.1, 0.15) is 44.0 Å². The molecule has 0 bridgehead atoms. The van der Waals surface area contributed by atoms with E-state index in [-0.39, 0.29) is 18.2 Å². The molecule has 4 nitrogen and oxygen atoms in total. The van der Waals surface area contributed by atoms with Crippen LogP contribution in [0.2, 0.25) is 0 Å². The van der Waals surface area contributed by atoms with Crippen molar-refractivity contribution in [3.63, 3.8) is 0 Å². The first-order chi connectivity index (χ1) is 11.9.